The van der Waals surface area contributed by atoms with E-state index in [4.69, 9.17) is 4.74 Å². The molecule has 1 aromatic heterocycles. The van der Waals surface area contributed by atoms with E-state index >= 15 is 0 Å². The molecule has 5 heteroatoms. The van der Waals surface area contributed by atoms with Crippen LogP contribution in [0.5, 0.6) is 5.75 Å². The first-order valence-corrected chi connectivity index (χ1v) is 8.50. The van der Waals surface area contributed by atoms with Crippen molar-refractivity contribution in [3.05, 3.63) is 64.6 Å². The van der Waals surface area contributed by atoms with Crippen LogP contribution in [0, 0.1) is 0 Å². The van der Waals surface area contributed by atoms with Gasteiger partial charge < -0.3 is 14.8 Å². The zero-order chi connectivity index (χ0) is 17.6. The highest BCUT2D eigenvalue weighted by Gasteiger charge is 2.23. The lowest BCUT2D eigenvalue weighted by atomic mass is 9.97. The number of aromatic hydroxyl groups is 1. The number of hydrogen-bond donors (Lipinski definition) is 2. The van der Waals surface area contributed by atoms with E-state index in [-0.39, 0.29) is 11.3 Å². The maximum atomic E-state index is 12.3. The summed E-state index contributed by atoms with van der Waals surface area (Å²) in [6.07, 6.45) is 0. The van der Waals surface area contributed by atoms with E-state index in [2.05, 4.69) is 20.9 Å². The van der Waals surface area contributed by atoms with E-state index in [1.165, 1.54) is 7.11 Å². The third-order valence-electron chi connectivity index (χ3n) is 4.29. The maximum Gasteiger partial charge on any atom is 0.342 e. The fraction of sp³-hybridized carbons (Fsp3) is 0.0500. The second-order valence-electron chi connectivity index (χ2n) is 5.74. The van der Waals surface area contributed by atoms with Crippen LogP contribution >= 0.6 is 15.9 Å². The fourth-order valence-corrected chi connectivity index (χ4v) is 3.56. The number of hydrogen-bond acceptors (Lipinski definition) is 3. The first-order chi connectivity index (χ1) is 12.1. The third-order valence-corrected chi connectivity index (χ3v) is 4.78. The number of aromatic amines is 1. The summed E-state index contributed by atoms with van der Waals surface area (Å²) < 4.78 is 5.82. The van der Waals surface area contributed by atoms with Crippen LogP contribution in [0.15, 0.2) is 59.1 Å². The molecule has 4 nitrogen and oxygen atoms in total. The van der Waals surface area contributed by atoms with Gasteiger partial charge in [-0.15, -0.1) is 0 Å². The first kappa shape index (κ1) is 15.7. The van der Waals surface area contributed by atoms with Crippen molar-refractivity contribution in [2.24, 2.45) is 0 Å². The number of phenolic OH excluding ortho intramolecular Hbond substituents is 1. The standard InChI is InChI=1S/C20H14BrNO3/c1-25-20(24)18-16(23)10-14(11-5-3-2-4-6-11)19-17(18)13-8-7-12(21)9-15(13)22-19/h2-10,22-23H,1H3. The Balaban J connectivity index is 2.20. The summed E-state index contributed by atoms with van der Waals surface area (Å²) in [6.45, 7) is 0. The number of methoxy groups -OCH3 is 1. The number of nitrogens with one attached hydrogen (secondary N) is 1. The molecule has 124 valence electrons. The third kappa shape index (κ3) is 2.48. The number of esters is 1. The molecule has 0 bridgehead atoms. The molecule has 0 unspecified atom stereocenters. The quantitative estimate of drug-likeness (QED) is 0.456. The van der Waals surface area contributed by atoms with Gasteiger partial charge in [0.05, 0.1) is 12.6 Å². The molecule has 0 aliphatic heterocycles. The Morgan fingerprint density at radius 3 is 2.60 bits per heavy atom. The van der Waals surface area contributed by atoms with E-state index in [1.807, 2.05) is 48.5 Å². The number of H-pyrrole nitrogens is 1. The van der Waals surface area contributed by atoms with Crippen molar-refractivity contribution < 1.29 is 14.6 Å². The average Bonchev–Trinajstić information content (AvgIpc) is 2.99. The molecule has 1 heterocycles. The molecule has 0 saturated carbocycles. The summed E-state index contributed by atoms with van der Waals surface area (Å²) >= 11 is 3.47. The molecule has 3 aromatic carbocycles. The van der Waals surface area contributed by atoms with Crippen molar-refractivity contribution in [3.8, 4) is 16.9 Å². The van der Waals surface area contributed by atoms with Crippen molar-refractivity contribution in [2.45, 2.75) is 0 Å². The topological polar surface area (TPSA) is 62.3 Å². The summed E-state index contributed by atoms with van der Waals surface area (Å²) in [5.41, 5.74) is 3.61. The van der Waals surface area contributed by atoms with E-state index in [0.29, 0.717) is 5.39 Å². The number of aromatic nitrogens is 1. The molecule has 0 saturated heterocycles. The van der Waals surface area contributed by atoms with Gasteiger partial charge in [0.1, 0.15) is 11.3 Å². The van der Waals surface area contributed by atoms with Gasteiger partial charge in [-0.1, -0.05) is 52.3 Å². The zero-order valence-corrected chi connectivity index (χ0v) is 14.9. The monoisotopic (exact) mass is 395 g/mol. The largest absolute Gasteiger partial charge is 0.507 e. The fourth-order valence-electron chi connectivity index (χ4n) is 3.19. The highest BCUT2D eigenvalue weighted by molar-refractivity contribution is 9.10. The van der Waals surface area contributed by atoms with Crippen molar-refractivity contribution in [1.29, 1.82) is 0 Å². The Bertz CT molecular complexity index is 1120. The predicted octanol–water partition coefficient (Wildman–Crippen LogP) is 5.24. The minimum atomic E-state index is -0.564. The van der Waals surface area contributed by atoms with Gasteiger partial charge >= 0.3 is 5.97 Å². The minimum absolute atomic E-state index is 0.0954. The van der Waals surface area contributed by atoms with Crippen LogP contribution in [0.25, 0.3) is 32.9 Å². The molecule has 0 aliphatic rings. The van der Waals surface area contributed by atoms with Crippen molar-refractivity contribution in [1.82, 2.24) is 4.98 Å². The van der Waals surface area contributed by atoms with Crippen LogP contribution in [0.3, 0.4) is 0 Å². The summed E-state index contributed by atoms with van der Waals surface area (Å²) in [7, 11) is 1.31. The summed E-state index contributed by atoms with van der Waals surface area (Å²) in [6, 6.07) is 17.1. The van der Waals surface area contributed by atoms with Crippen LogP contribution in [-0.2, 0) is 4.74 Å². The van der Waals surface area contributed by atoms with Crippen molar-refractivity contribution >= 4 is 43.7 Å². The molecular weight excluding hydrogens is 382 g/mol. The summed E-state index contributed by atoms with van der Waals surface area (Å²) in [4.78, 5) is 15.7. The second kappa shape index (κ2) is 5.93. The van der Waals surface area contributed by atoms with Gasteiger partial charge in [-0.3, -0.25) is 0 Å². The van der Waals surface area contributed by atoms with Gasteiger partial charge in [0.15, 0.2) is 0 Å². The lowest BCUT2D eigenvalue weighted by molar-refractivity contribution is 0.0600. The average molecular weight is 396 g/mol. The molecule has 0 fully saturated rings. The Kier molecular flexibility index (Phi) is 3.73. The highest BCUT2D eigenvalue weighted by Crippen LogP contribution is 2.40. The molecule has 2 N–H and O–H groups in total. The van der Waals surface area contributed by atoms with Crippen molar-refractivity contribution in [3.63, 3.8) is 0 Å². The molecule has 0 aliphatic carbocycles. The SMILES string of the molecule is COC(=O)c1c(O)cc(-c2ccccc2)c2[nH]c3cc(Br)ccc3c12. The Labute approximate surface area is 152 Å². The lowest BCUT2D eigenvalue weighted by Crippen LogP contribution is -2.03. The van der Waals surface area contributed by atoms with Crippen LogP contribution in [0.4, 0.5) is 0 Å². The highest BCUT2D eigenvalue weighted by atomic mass is 79.9. The second-order valence-corrected chi connectivity index (χ2v) is 6.66. The molecule has 0 atom stereocenters. The Morgan fingerprint density at radius 1 is 1.12 bits per heavy atom. The van der Waals surface area contributed by atoms with Gasteiger partial charge in [0.25, 0.3) is 0 Å². The number of carbonyl (C=O) groups is 1. The van der Waals surface area contributed by atoms with Gasteiger partial charge in [-0.05, 0) is 23.8 Å². The Hall–Kier alpha value is -2.79. The number of fused-ring (bicyclic) bond motifs is 3. The molecule has 0 radical (unpaired) electrons. The van der Waals surface area contributed by atoms with Crippen LogP contribution in [0.2, 0.25) is 0 Å². The molecule has 0 amide bonds. The van der Waals surface area contributed by atoms with Crippen LogP contribution < -0.4 is 0 Å². The smallest absolute Gasteiger partial charge is 0.342 e. The Morgan fingerprint density at radius 2 is 1.88 bits per heavy atom. The van der Waals surface area contributed by atoms with Crippen molar-refractivity contribution in [2.75, 3.05) is 7.11 Å². The lowest BCUT2D eigenvalue weighted by Gasteiger charge is -2.10. The number of benzene rings is 3. The number of carbonyl (C=O) groups excluding carboxylic acids is 1. The van der Waals surface area contributed by atoms with Gasteiger partial charge in [-0.2, -0.15) is 0 Å². The molecule has 4 aromatic rings. The van der Waals surface area contributed by atoms with E-state index in [9.17, 15) is 9.90 Å². The molecule has 0 spiro atoms. The van der Waals surface area contributed by atoms with E-state index in [1.54, 1.807) is 6.07 Å². The molecular formula is C20H14BrNO3. The van der Waals surface area contributed by atoms with Gasteiger partial charge in [-0.25, -0.2) is 4.79 Å². The molecule has 4 rings (SSSR count). The van der Waals surface area contributed by atoms with E-state index in [0.717, 1.165) is 32.0 Å². The minimum Gasteiger partial charge on any atom is -0.507 e. The van der Waals surface area contributed by atoms with Gasteiger partial charge in [0, 0.05) is 26.3 Å². The number of phenols is 1. The zero-order valence-electron chi connectivity index (χ0n) is 13.3. The predicted molar refractivity (Wildman–Crippen MR) is 102 cm³/mol. The summed E-state index contributed by atoms with van der Waals surface area (Å²) in [5, 5.41) is 12.1. The first-order valence-electron chi connectivity index (χ1n) is 7.71. The molecule has 25 heavy (non-hydrogen) atoms. The number of halogens is 1. The number of rotatable bonds is 2. The maximum absolute atomic E-state index is 12.3. The van der Waals surface area contributed by atoms with Crippen LogP contribution in [0.1, 0.15) is 10.4 Å². The van der Waals surface area contributed by atoms with Crippen LogP contribution in [-0.4, -0.2) is 23.2 Å². The van der Waals surface area contributed by atoms with Gasteiger partial charge in [0.2, 0.25) is 0 Å². The van der Waals surface area contributed by atoms with E-state index < -0.39 is 5.97 Å². The number of ether oxygens (including phenoxy) is 1. The normalized spacial score (nSPS) is 11.1. The summed E-state index contributed by atoms with van der Waals surface area (Å²) in [5.74, 6) is -0.659.